The second-order valence-corrected chi connectivity index (χ2v) is 8.05. The van der Waals surface area contributed by atoms with Crippen LogP contribution in [0.25, 0.3) is 0 Å². The van der Waals surface area contributed by atoms with Crippen LogP contribution in [0.1, 0.15) is 0 Å². The summed E-state index contributed by atoms with van der Waals surface area (Å²) in [5, 5.41) is 0. The molecule has 32 heavy (non-hydrogen) atoms. The summed E-state index contributed by atoms with van der Waals surface area (Å²) < 4.78 is 2.00. The van der Waals surface area contributed by atoms with E-state index in [1.165, 1.54) is 21.9 Å². The molecule has 1 nitrogen and oxygen atoms in total. The molecule has 5 rings (SSSR count). The lowest BCUT2D eigenvalue weighted by Crippen LogP contribution is -2.74. The second kappa shape index (κ2) is 10.4. The van der Waals surface area contributed by atoms with Crippen molar-refractivity contribution in [2.45, 2.75) is 0 Å². The molecule has 156 valence electrons. The first kappa shape index (κ1) is 21.3. The summed E-state index contributed by atoms with van der Waals surface area (Å²) in [6.45, 7) is 0. The van der Waals surface area contributed by atoms with Crippen LogP contribution >= 0.6 is 0 Å². The first-order valence-corrected chi connectivity index (χ1v) is 11.1. The molecule has 2 heteroatoms. The summed E-state index contributed by atoms with van der Waals surface area (Å²) in [5.41, 5.74) is 5.36. The van der Waals surface area contributed by atoms with E-state index < -0.39 is 6.15 Å². The lowest BCUT2D eigenvalue weighted by molar-refractivity contribution is -0.671. The average molecular weight is 413 g/mol. The van der Waals surface area contributed by atoms with Crippen LogP contribution in [-0.2, 0) is 7.05 Å². The molecule has 0 saturated carbocycles. The maximum atomic E-state index is 2.26. The molecular weight excluding hydrogens is 385 g/mol. The van der Waals surface area contributed by atoms with Gasteiger partial charge in [0.15, 0.2) is 12.4 Å². The molecule has 0 atom stereocenters. The normalized spacial score (nSPS) is 10.7. The minimum atomic E-state index is -1.22. The van der Waals surface area contributed by atoms with Crippen LogP contribution in [0, 0.1) is 0 Å². The molecule has 1 aromatic heterocycles. The number of aryl methyl sites for hydroxylation is 1. The lowest BCUT2D eigenvalue weighted by Gasteiger charge is -2.44. The van der Waals surface area contributed by atoms with E-state index in [1.54, 1.807) is 0 Å². The third-order valence-electron chi connectivity index (χ3n) is 6.06. The molecule has 0 unspecified atom stereocenters. The van der Waals surface area contributed by atoms with Crippen molar-refractivity contribution >= 4 is 28.0 Å². The van der Waals surface area contributed by atoms with Crippen molar-refractivity contribution in [1.82, 2.24) is 0 Å². The number of aromatic nitrogens is 1. The van der Waals surface area contributed by atoms with Gasteiger partial charge in [-0.05, 0) is 0 Å². The quantitative estimate of drug-likeness (QED) is 0.313. The van der Waals surface area contributed by atoms with E-state index in [-0.39, 0.29) is 0 Å². The summed E-state index contributed by atoms with van der Waals surface area (Å²) in [7, 11) is 2.00. The number of rotatable bonds is 4. The minimum absolute atomic E-state index is 1.22. The van der Waals surface area contributed by atoms with E-state index in [0.29, 0.717) is 0 Å². The van der Waals surface area contributed by atoms with Gasteiger partial charge >= 0.3 is 0 Å². The predicted molar refractivity (Wildman–Crippen MR) is 138 cm³/mol. The molecule has 0 saturated heterocycles. The maximum Gasteiger partial charge on any atom is 0.168 e. The first-order chi connectivity index (χ1) is 15.8. The van der Waals surface area contributed by atoms with E-state index in [0.717, 1.165) is 0 Å². The van der Waals surface area contributed by atoms with Crippen LogP contribution in [0.3, 0.4) is 0 Å². The van der Waals surface area contributed by atoms with Crippen molar-refractivity contribution < 1.29 is 4.57 Å². The third kappa shape index (κ3) is 4.55. The molecule has 1 heterocycles. The number of nitrogens with zero attached hydrogens (tertiary/aromatic N) is 1. The molecule has 4 aromatic carbocycles. The monoisotopic (exact) mass is 413 g/mol. The van der Waals surface area contributed by atoms with Crippen LogP contribution in [0.15, 0.2) is 152 Å². The Morgan fingerprint density at radius 2 is 0.625 bits per heavy atom. The molecule has 0 radical (unpaired) electrons. The van der Waals surface area contributed by atoms with Gasteiger partial charge in [-0.15, -0.1) is 0 Å². The van der Waals surface area contributed by atoms with Gasteiger partial charge in [-0.3, -0.25) is 0 Å². The van der Waals surface area contributed by atoms with Crippen molar-refractivity contribution in [1.29, 1.82) is 0 Å². The van der Waals surface area contributed by atoms with Gasteiger partial charge in [0, 0.05) is 12.1 Å². The summed E-state index contributed by atoms with van der Waals surface area (Å²) in [5.74, 6) is 0. The van der Waals surface area contributed by atoms with E-state index in [2.05, 4.69) is 121 Å². The smallest absolute Gasteiger partial charge is 0.168 e. The topological polar surface area (TPSA) is 3.88 Å². The Balaban J connectivity index is 0.000000300. The summed E-state index contributed by atoms with van der Waals surface area (Å²) in [4.78, 5) is 0. The number of benzene rings is 4. The largest absolute Gasteiger partial charge is 0.208 e. The molecule has 0 aliphatic heterocycles. The van der Waals surface area contributed by atoms with Crippen molar-refractivity contribution in [2.75, 3.05) is 0 Å². The highest BCUT2D eigenvalue weighted by Gasteiger charge is 2.30. The highest BCUT2D eigenvalue weighted by atomic mass is 14.9. The fourth-order valence-corrected chi connectivity index (χ4v) is 4.61. The van der Waals surface area contributed by atoms with Crippen LogP contribution in [0.2, 0.25) is 0 Å². The Morgan fingerprint density at radius 3 is 0.844 bits per heavy atom. The SMILES string of the molecule is C[n+]1ccccc1.c1ccc([B-](c2ccccc2)(c2ccccc2)c2ccccc2)cc1. The maximum absolute atomic E-state index is 2.26. The van der Waals surface area contributed by atoms with Crippen LogP contribution in [0.5, 0.6) is 0 Å². The molecule has 0 aliphatic rings. The third-order valence-corrected chi connectivity index (χ3v) is 6.06. The van der Waals surface area contributed by atoms with Crippen LogP contribution in [-0.4, -0.2) is 6.15 Å². The molecule has 0 amide bonds. The molecule has 0 spiro atoms. The van der Waals surface area contributed by atoms with Crippen molar-refractivity contribution in [2.24, 2.45) is 7.05 Å². The summed E-state index contributed by atoms with van der Waals surface area (Å²) >= 11 is 0. The zero-order valence-electron chi connectivity index (χ0n) is 18.5. The second-order valence-electron chi connectivity index (χ2n) is 8.05. The standard InChI is InChI=1S/C24H20B.C6H8N/c1-5-13-21(14-6-1)25(22-15-7-2-8-16-22,23-17-9-3-10-18-23)24-19-11-4-12-20-24;1-7-5-3-2-4-6-7/h1-20H;2-6H,1H3/q-1;+1. The van der Waals surface area contributed by atoms with E-state index in [9.17, 15) is 0 Å². The Bertz CT molecular complexity index is 1030. The number of pyridine rings is 1. The molecule has 0 N–H and O–H groups in total. The molecule has 0 aliphatic carbocycles. The Kier molecular flexibility index (Phi) is 6.94. The molecule has 5 aromatic rings. The molecular formula is C30H28BN. The van der Waals surface area contributed by atoms with Crippen LogP contribution in [0.4, 0.5) is 0 Å². The van der Waals surface area contributed by atoms with Crippen LogP contribution < -0.4 is 26.4 Å². The number of hydrogen-bond acceptors (Lipinski definition) is 0. The summed E-state index contributed by atoms with van der Waals surface area (Å²) in [6, 6.07) is 49.5. The molecule has 0 bridgehead atoms. The van der Waals surface area contributed by atoms with Crippen molar-refractivity contribution in [3.05, 3.63) is 152 Å². The Morgan fingerprint density at radius 1 is 0.375 bits per heavy atom. The van der Waals surface area contributed by atoms with Gasteiger partial charge in [-0.1, -0.05) is 127 Å². The van der Waals surface area contributed by atoms with Crippen molar-refractivity contribution in [3.8, 4) is 0 Å². The van der Waals surface area contributed by atoms with Gasteiger partial charge in [0.1, 0.15) is 13.2 Å². The van der Waals surface area contributed by atoms with Gasteiger partial charge in [0.05, 0.1) is 0 Å². The van der Waals surface area contributed by atoms with Gasteiger partial charge < -0.3 is 0 Å². The fraction of sp³-hybridized carbons (Fsp3) is 0.0333. The van der Waals surface area contributed by atoms with Gasteiger partial charge in [-0.25, -0.2) is 4.57 Å². The highest BCUT2D eigenvalue weighted by Crippen LogP contribution is 2.09. The average Bonchev–Trinajstić information content (AvgIpc) is 2.88. The fourth-order valence-electron chi connectivity index (χ4n) is 4.61. The number of hydrogen-bond donors (Lipinski definition) is 0. The first-order valence-electron chi connectivity index (χ1n) is 11.1. The van der Waals surface area contributed by atoms with E-state index >= 15 is 0 Å². The van der Waals surface area contributed by atoms with E-state index in [1.807, 2.05) is 42.2 Å². The zero-order valence-corrected chi connectivity index (χ0v) is 18.5. The van der Waals surface area contributed by atoms with Gasteiger partial charge in [-0.2, -0.15) is 21.9 Å². The lowest BCUT2D eigenvalue weighted by atomic mass is 9.13. The predicted octanol–water partition coefficient (Wildman–Crippen LogP) is 3.58. The van der Waals surface area contributed by atoms with Crippen molar-refractivity contribution in [3.63, 3.8) is 0 Å². The van der Waals surface area contributed by atoms with Gasteiger partial charge in [0.2, 0.25) is 0 Å². The Hall–Kier alpha value is -3.91. The highest BCUT2D eigenvalue weighted by molar-refractivity contribution is 7.19. The summed E-state index contributed by atoms with van der Waals surface area (Å²) in [6.07, 6.45) is 2.78. The van der Waals surface area contributed by atoms with E-state index in [4.69, 9.17) is 0 Å². The minimum Gasteiger partial charge on any atom is -0.208 e. The Labute approximate surface area is 191 Å². The van der Waals surface area contributed by atoms with Gasteiger partial charge in [0.25, 0.3) is 0 Å². The zero-order chi connectivity index (χ0) is 22.1. The molecule has 0 fully saturated rings.